The molecule has 0 spiro atoms. The molecule has 0 saturated heterocycles. The SMILES string of the molecule is Cc1cccc(C)c1-n1nnnc1C1(NCc2ccccc2)CCCCC1. The lowest BCUT2D eigenvalue weighted by molar-refractivity contribution is 0.214. The second kappa shape index (κ2) is 7.61. The summed E-state index contributed by atoms with van der Waals surface area (Å²) in [6, 6.07) is 16.9. The Labute approximate surface area is 160 Å². The number of tetrazole rings is 1. The molecule has 5 nitrogen and oxygen atoms in total. The normalized spacial score (nSPS) is 16.4. The number of benzene rings is 2. The van der Waals surface area contributed by atoms with Crippen molar-refractivity contribution >= 4 is 0 Å². The van der Waals surface area contributed by atoms with Crippen molar-refractivity contribution in [3.63, 3.8) is 0 Å². The number of nitrogens with zero attached hydrogens (tertiary/aromatic N) is 4. The van der Waals surface area contributed by atoms with Crippen LogP contribution >= 0.6 is 0 Å². The molecule has 4 rings (SSSR count). The molecular formula is C22H27N5. The zero-order valence-electron chi connectivity index (χ0n) is 16.2. The van der Waals surface area contributed by atoms with Crippen molar-refractivity contribution < 1.29 is 0 Å². The van der Waals surface area contributed by atoms with Crippen molar-refractivity contribution in [1.29, 1.82) is 0 Å². The third kappa shape index (κ3) is 3.52. The largest absolute Gasteiger partial charge is 0.301 e. The highest BCUT2D eigenvalue weighted by Crippen LogP contribution is 2.37. The average molecular weight is 361 g/mol. The van der Waals surface area contributed by atoms with Gasteiger partial charge in [0.2, 0.25) is 0 Å². The number of rotatable bonds is 5. The molecule has 1 aromatic heterocycles. The molecular weight excluding hydrogens is 334 g/mol. The summed E-state index contributed by atoms with van der Waals surface area (Å²) in [6.07, 6.45) is 5.79. The molecule has 1 aliphatic carbocycles. The monoisotopic (exact) mass is 361 g/mol. The molecule has 1 aliphatic rings. The summed E-state index contributed by atoms with van der Waals surface area (Å²) in [5, 5.41) is 16.8. The van der Waals surface area contributed by atoms with E-state index in [1.165, 1.54) is 36.0 Å². The minimum atomic E-state index is -0.188. The van der Waals surface area contributed by atoms with E-state index in [4.69, 9.17) is 0 Å². The van der Waals surface area contributed by atoms with Gasteiger partial charge in [0.25, 0.3) is 0 Å². The van der Waals surface area contributed by atoms with E-state index in [1.807, 2.05) is 4.68 Å². The van der Waals surface area contributed by atoms with Gasteiger partial charge in [-0.3, -0.25) is 0 Å². The summed E-state index contributed by atoms with van der Waals surface area (Å²) >= 11 is 0. The van der Waals surface area contributed by atoms with Gasteiger partial charge in [-0.15, -0.1) is 5.10 Å². The molecule has 1 saturated carbocycles. The molecule has 0 bridgehead atoms. The summed E-state index contributed by atoms with van der Waals surface area (Å²) in [5.41, 5.74) is 4.58. The lowest BCUT2D eigenvalue weighted by atomic mass is 9.80. The van der Waals surface area contributed by atoms with Crippen LogP contribution in [0.3, 0.4) is 0 Å². The maximum absolute atomic E-state index is 4.52. The number of para-hydroxylation sites is 1. The van der Waals surface area contributed by atoms with Crippen LogP contribution in [0, 0.1) is 13.8 Å². The predicted octanol–water partition coefficient (Wildman–Crippen LogP) is 4.23. The smallest absolute Gasteiger partial charge is 0.176 e. The molecule has 1 N–H and O–H groups in total. The average Bonchev–Trinajstić information content (AvgIpc) is 3.18. The standard InChI is InChI=1S/C22H27N5/c1-17-10-9-11-18(2)20(17)27-21(24-25-26-27)22(14-7-4-8-15-22)23-16-19-12-5-3-6-13-19/h3,5-6,9-13,23H,4,7-8,14-16H2,1-2H3. The van der Waals surface area contributed by atoms with Gasteiger partial charge in [-0.25, -0.2) is 0 Å². The van der Waals surface area contributed by atoms with Crippen molar-refractivity contribution in [2.24, 2.45) is 0 Å². The summed E-state index contributed by atoms with van der Waals surface area (Å²) in [7, 11) is 0. The van der Waals surface area contributed by atoms with Gasteiger partial charge in [0, 0.05) is 6.54 Å². The van der Waals surface area contributed by atoms with Crippen molar-refractivity contribution in [2.45, 2.75) is 58.0 Å². The van der Waals surface area contributed by atoms with Crippen LogP contribution in [0.2, 0.25) is 0 Å². The number of hydrogen-bond acceptors (Lipinski definition) is 4. The van der Waals surface area contributed by atoms with E-state index >= 15 is 0 Å². The summed E-state index contributed by atoms with van der Waals surface area (Å²) in [4.78, 5) is 0. The third-order valence-corrected chi connectivity index (χ3v) is 5.73. The first kappa shape index (κ1) is 17.9. The first-order valence-electron chi connectivity index (χ1n) is 9.84. The second-order valence-corrected chi connectivity index (χ2v) is 7.64. The molecule has 2 aromatic carbocycles. The summed E-state index contributed by atoms with van der Waals surface area (Å²) in [5.74, 6) is 0.940. The highest BCUT2D eigenvalue weighted by atomic mass is 15.6. The van der Waals surface area contributed by atoms with Gasteiger partial charge in [0.1, 0.15) is 0 Å². The fourth-order valence-corrected chi connectivity index (χ4v) is 4.28. The minimum Gasteiger partial charge on any atom is -0.301 e. The van der Waals surface area contributed by atoms with Crippen LogP contribution < -0.4 is 5.32 Å². The molecule has 27 heavy (non-hydrogen) atoms. The quantitative estimate of drug-likeness (QED) is 0.739. The highest BCUT2D eigenvalue weighted by molar-refractivity contribution is 5.47. The van der Waals surface area contributed by atoms with E-state index in [0.717, 1.165) is 30.9 Å². The van der Waals surface area contributed by atoms with Gasteiger partial charge in [-0.05, 0) is 53.8 Å². The predicted molar refractivity (Wildman–Crippen MR) is 107 cm³/mol. The Balaban J connectivity index is 1.73. The van der Waals surface area contributed by atoms with E-state index in [9.17, 15) is 0 Å². The van der Waals surface area contributed by atoms with E-state index in [-0.39, 0.29) is 5.54 Å². The molecule has 1 heterocycles. The van der Waals surface area contributed by atoms with Gasteiger partial charge < -0.3 is 5.32 Å². The van der Waals surface area contributed by atoms with E-state index < -0.39 is 0 Å². The van der Waals surface area contributed by atoms with Gasteiger partial charge in [0.05, 0.1) is 11.2 Å². The minimum absolute atomic E-state index is 0.188. The molecule has 5 heteroatoms. The molecule has 0 unspecified atom stereocenters. The van der Waals surface area contributed by atoms with Crippen LogP contribution in [0.1, 0.15) is 54.6 Å². The molecule has 0 amide bonds. The highest BCUT2D eigenvalue weighted by Gasteiger charge is 2.39. The Bertz CT molecular complexity index is 874. The van der Waals surface area contributed by atoms with Crippen LogP contribution in [0.25, 0.3) is 5.69 Å². The lowest BCUT2D eigenvalue weighted by Crippen LogP contribution is -2.45. The first-order chi connectivity index (χ1) is 13.2. The number of aromatic nitrogens is 4. The molecule has 0 radical (unpaired) electrons. The van der Waals surface area contributed by atoms with E-state index in [0.29, 0.717) is 0 Å². The van der Waals surface area contributed by atoms with Gasteiger partial charge in [-0.1, -0.05) is 67.8 Å². The van der Waals surface area contributed by atoms with Gasteiger partial charge in [0.15, 0.2) is 5.82 Å². The van der Waals surface area contributed by atoms with Crippen LogP contribution in [-0.4, -0.2) is 20.2 Å². The third-order valence-electron chi connectivity index (χ3n) is 5.73. The van der Waals surface area contributed by atoms with Crippen LogP contribution in [0.15, 0.2) is 48.5 Å². The zero-order valence-corrected chi connectivity index (χ0v) is 16.2. The van der Waals surface area contributed by atoms with Crippen molar-refractivity contribution in [3.05, 3.63) is 71.0 Å². The number of aryl methyl sites for hydroxylation is 2. The van der Waals surface area contributed by atoms with Gasteiger partial charge >= 0.3 is 0 Å². The molecule has 0 aliphatic heterocycles. The summed E-state index contributed by atoms with van der Waals surface area (Å²) in [6.45, 7) is 5.07. The second-order valence-electron chi connectivity index (χ2n) is 7.64. The Kier molecular flexibility index (Phi) is 5.03. The summed E-state index contributed by atoms with van der Waals surface area (Å²) < 4.78 is 1.97. The molecule has 140 valence electrons. The zero-order chi connectivity index (χ0) is 18.7. The van der Waals surface area contributed by atoms with Crippen LogP contribution in [0.4, 0.5) is 0 Å². The molecule has 0 atom stereocenters. The topological polar surface area (TPSA) is 55.6 Å². The maximum atomic E-state index is 4.52. The van der Waals surface area contributed by atoms with Gasteiger partial charge in [-0.2, -0.15) is 4.68 Å². The Morgan fingerprint density at radius 1 is 0.926 bits per heavy atom. The maximum Gasteiger partial charge on any atom is 0.176 e. The van der Waals surface area contributed by atoms with Crippen LogP contribution in [0.5, 0.6) is 0 Å². The molecule has 1 fully saturated rings. The van der Waals surface area contributed by atoms with Crippen molar-refractivity contribution in [3.8, 4) is 5.69 Å². The fourth-order valence-electron chi connectivity index (χ4n) is 4.28. The number of hydrogen-bond donors (Lipinski definition) is 1. The van der Waals surface area contributed by atoms with E-state index in [1.54, 1.807) is 0 Å². The Morgan fingerprint density at radius 3 is 2.33 bits per heavy atom. The number of nitrogens with one attached hydrogen (secondary N) is 1. The van der Waals surface area contributed by atoms with Crippen molar-refractivity contribution in [1.82, 2.24) is 25.5 Å². The lowest BCUT2D eigenvalue weighted by Gasteiger charge is -2.37. The first-order valence-corrected chi connectivity index (χ1v) is 9.84. The van der Waals surface area contributed by atoms with Crippen LogP contribution in [-0.2, 0) is 12.1 Å². The Morgan fingerprint density at radius 2 is 1.63 bits per heavy atom. The van der Waals surface area contributed by atoms with E-state index in [2.05, 4.69) is 83.2 Å². The molecule has 3 aromatic rings. The van der Waals surface area contributed by atoms with Crippen molar-refractivity contribution in [2.75, 3.05) is 0 Å². The Hall–Kier alpha value is -2.53. The fraction of sp³-hybridized carbons (Fsp3) is 0.409.